The van der Waals surface area contributed by atoms with Crippen LogP contribution in [0.1, 0.15) is 39.6 Å². The predicted octanol–water partition coefficient (Wildman–Crippen LogP) is 2.01. The Morgan fingerprint density at radius 3 is 2.49 bits per heavy atom. The molecule has 1 aromatic heterocycles. The number of nitrogens with one attached hydrogen (secondary N) is 2. The van der Waals surface area contributed by atoms with Gasteiger partial charge in [0.2, 0.25) is 11.6 Å². The van der Waals surface area contributed by atoms with E-state index in [9.17, 15) is 19.6 Å². The highest BCUT2D eigenvalue weighted by atomic mass is 32.2. The second-order valence-corrected chi connectivity index (χ2v) is 11.3. The summed E-state index contributed by atoms with van der Waals surface area (Å²) in [6.07, 6.45) is 2.21. The summed E-state index contributed by atoms with van der Waals surface area (Å²) < 4.78 is 0.764. The van der Waals surface area contributed by atoms with Gasteiger partial charge in [0.15, 0.2) is 6.20 Å². The molecule has 3 aliphatic heterocycles. The number of hydrogen-bond donors (Lipinski definition) is 2. The number of pyridine rings is 1. The summed E-state index contributed by atoms with van der Waals surface area (Å²) in [7, 11) is 0. The minimum atomic E-state index is -0.494. The van der Waals surface area contributed by atoms with Gasteiger partial charge in [0.05, 0.1) is 6.04 Å². The van der Waals surface area contributed by atoms with E-state index in [1.54, 1.807) is 13.0 Å². The van der Waals surface area contributed by atoms with Crippen molar-refractivity contribution in [2.24, 2.45) is 11.8 Å². The van der Waals surface area contributed by atoms with Gasteiger partial charge < -0.3 is 25.6 Å². The highest BCUT2D eigenvalue weighted by molar-refractivity contribution is 8.14. The van der Waals surface area contributed by atoms with Gasteiger partial charge in [-0.25, -0.2) is 0 Å². The van der Waals surface area contributed by atoms with Crippen molar-refractivity contribution in [3.8, 4) is 0 Å². The number of carbonyl (C=O) groups excluding carboxylic acids is 3. The molecule has 37 heavy (non-hydrogen) atoms. The van der Waals surface area contributed by atoms with Crippen LogP contribution in [0.2, 0.25) is 0 Å². The Kier molecular flexibility index (Phi) is 7.39. The molecule has 2 N–H and O–H groups in total. The number of carbonyl (C=O) groups is 3. The number of amides is 3. The minimum absolute atomic E-state index is 0.0508. The molecule has 0 saturated carbocycles. The number of nitrogens with zero attached hydrogens (tertiary/aromatic N) is 3. The SMILES string of the molecule is Cc1cc[n+]([O-])c(C)c1C(=O)N1CC2CN(CCC(NC(=O)C3CSC(=O)N3)c3ccccc3)C[C@H]2C1. The normalized spacial score (nSPS) is 24.1. The fraction of sp³-hybridized carbons (Fsp3) is 0.481. The smallest absolute Gasteiger partial charge is 0.279 e. The zero-order valence-corrected chi connectivity index (χ0v) is 22.0. The van der Waals surface area contributed by atoms with Crippen LogP contribution in [0.25, 0.3) is 0 Å². The molecule has 0 spiro atoms. The van der Waals surface area contributed by atoms with Gasteiger partial charge >= 0.3 is 0 Å². The average molecular weight is 524 g/mol. The van der Waals surface area contributed by atoms with Gasteiger partial charge in [-0.3, -0.25) is 14.4 Å². The van der Waals surface area contributed by atoms with E-state index in [2.05, 4.69) is 15.5 Å². The molecule has 1 aromatic carbocycles. The van der Waals surface area contributed by atoms with Crippen LogP contribution >= 0.6 is 11.8 Å². The largest absolute Gasteiger partial charge is 0.618 e. The lowest BCUT2D eigenvalue weighted by Gasteiger charge is -2.26. The summed E-state index contributed by atoms with van der Waals surface area (Å²) in [4.78, 5) is 41.9. The van der Waals surface area contributed by atoms with Gasteiger partial charge in [0.25, 0.3) is 11.1 Å². The van der Waals surface area contributed by atoms with Crippen molar-refractivity contribution in [2.45, 2.75) is 32.4 Å². The molecule has 5 rings (SSSR count). The average Bonchev–Trinajstić information content (AvgIpc) is 3.59. The van der Waals surface area contributed by atoms with E-state index in [0.29, 0.717) is 41.9 Å². The number of fused-ring (bicyclic) bond motifs is 1. The van der Waals surface area contributed by atoms with Gasteiger partial charge in [-0.2, -0.15) is 4.73 Å². The molecule has 2 aromatic rings. The standard InChI is InChI=1S/C27H33N5O4S/c1-17-8-11-32(36)18(2)24(17)26(34)31-14-20-12-30(13-21(20)15-31)10-9-22(19-6-4-3-5-7-19)28-25(33)23-16-37-27(35)29-23/h3-8,11,20-23H,9-10,12-16H2,1-2H3,(H,28,33)(H,29,35)/t20-,21?,22?,23?/m0/s1. The molecule has 3 fully saturated rings. The lowest BCUT2D eigenvalue weighted by molar-refractivity contribution is -0.612. The van der Waals surface area contributed by atoms with Crippen LogP contribution in [0.4, 0.5) is 4.79 Å². The fourth-order valence-corrected chi connectivity index (χ4v) is 6.59. The molecule has 3 aliphatic rings. The summed E-state index contributed by atoms with van der Waals surface area (Å²) in [5.41, 5.74) is 2.85. The third-order valence-electron chi connectivity index (χ3n) is 7.85. The Morgan fingerprint density at radius 1 is 1.14 bits per heavy atom. The summed E-state index contributed by atoms with van der Waals surface area (Å²) in [5.74, 6) is 1.07. The van der Waals surface area contributed by atoms with Crippen molar-refractivity contribution in [1.29, 1.82) is 0 Å². The molecule has 196 valence electrons. The molecule has 4 heterocycles. The first-order valence-corrected chi connectivity index (χ1v) is 13.8. The maximum absolute atomic E-state index is 13.2. The number of benzene rings is 1. The van der Waals surface area contributed by atoms with Crippen LogP contribution in [0.3, 0.4) is 0 Å². The highest BCUT2D eigenvalue weighted by Crippen LogP contribution is 2.33. The molecule has 4 atom stereocenters. The fourth-order valence-electron chi connectivity index (χ4n) is 5.81. The lowest BCUT2D eigenvalue weighted by atomic mass is 10.0. The number of hydrogen-bond acceptors (Lipinski definition) is 6. The molecule has 9 nitrogen and oxygen atoms in total. The number of aryl methyl sites for hydroxylation is 1. The first-order valence-electron chi connectivity index (χ1n) is 12.8. The Morgan fingerprint density at radius 2 is 1.84 bits per heavy atom. The van der Waals surface area contributed by atoms with E-state index in [0.717, 1.165) is 53.7 Å². The monoisotopic (exact) mass is 523 g/mol. The van der Waals surface area contributed by atoms with E-state index in [1.165, 1.54) is 6.20 Å². The molecule has 3 saturated heterocycles. The second-order valence-electron chi connectivity index (χ2n) is 10.3. The number of aromatic nitrogens is 1. The van der Waals surface area contributed by atoms with Crippen LogP contribution in [0, 0.1) is 30.9 Å². The van der Waals surface area contributed by atoms with Crippen molar-refractivity contribution in [3.05, 3.63) is 70.2 Å². The van der Waals surface area contributed by atoms with Gasteiger partial charge in [0.1, 0.15) is 11.6 Å². The zero-order chi connectivity index (χ0) is 26.1. The molecule has 0 aliphatic carbocycles. The van der Waals surface area contributed by atoms with Crippen molar-refractivity contribution in [2.75, 3.05) is 38.5 Å². The van der Waals surface area contributed by atoms with E-state index in [-0.39, 0.29) is 23.1 Å². The molecule has 3 unspecified atom stereocenters. The molecule has 3 amide bonds. The Balaban J connectivity index is 1.18. The first kappa shape index (κ1) is 25.5. The summed E-state index contributed by atoms with van der Waals surface area (Å²) in [5, 5.41) is 17.7. The van der Waals surface area contributed by atoms with Crippen molar-refractivity contribution >= 4 is 28.8 Å². The summed E-state index contributed by atoms with van der Waals surface area (Å²) >= 11 is 1.14. The minimum Gasteiger partial charge on any atom is -0.618 e. The Labute approximate surface area is 221 Å². The van der Waals surface area contributed by atoms with Crippen LogP contribution in [0.5, 0.6) is 0 Å². The zero-order valence-electron chi connectivity index (χ0n) is 21.2. The number of rotatable bonds is 7. The second kappa shape index (κ2) is 10.7. The third-order valence-corrected chi connectivity index (χ3v) is 8.73. The quantitative estimate of drug-likeness (QED) is 0.425. The Bertz CT molecular complexity index is 1180. The maximum Gasteiger partial charge on any atom is 0.279 e. The van der Waals surface area contributed by atoms with Crippen molar-refractivity contribution in [1.82, 2.24) is 20.4 Å². The predicted molar refractivity (Wildman–Crippen MR) is 141 cm³/mol. The van der Waals surface area contributed by atoms with E-state index in [1.807, 2.05) is 42.2 Å². The van der Waals surface area contributed by atoms with Gasteiger partial charge in [-0.15, -0.1) is 0 Å². The van der Waals surface area contributed by atoms with Crippen molar-refractivity contribution in [3.63, 3.8) is 0 Å². The maximum atomic E-state index is 13.2. The van der Waals surface area contributed by atoms with Crippen LogP contribution < -0.4 is 15.4 Å². The molecule has 10 heteroatoms. The first-order chi connectivity index (χ1) is 17.8. The van der Waals surface area contributed by atoms with Crippen molar-refractivity contribution < 1.29 is 19.1 Å². The van der Waals surface area contributed by atoms with E-state index in [4.69, 9.17) is 0 Å². The highest BCUT2D eigenvalue weighted by Gasteiger charge is 2.42. The van der Waals surface area contributed by atoms with Gasteiger partial charge in [0, 0.05) is 51.5 Å². The van der Waals surface area contributed by atoms with Crippen LogP contribution in [-0.2, 0) is 4.79 Å². The summed E-state index contributed by atoms with van der Waals surface area (Å²) in [6, 6.07) is 11.0. The number of likely N-dealkylation sites (tertiary alicyclic amines) is 2. The van der Waals surface area contributed by atoms with Gasteiger partial charge in [-0.05, 0) is 36.3 Å². The van der Waals surface area contributed by atoms with E-state index < -0.39 is 6.04 Å². The summed E-state index contributed by atoms with van der Waals surface area (Å²) in [6.45, 7) is 7.63. The molecular formula is C27H33N5O4S. The molecular weight excluding hydrogens is 490 g/mol. The van der Waals surface area contributed by atoms with Gasteiger partial charge in [-0.1, -0.05) is 42.1 Å². The molecule has 0 bridgehead atoms. The van der Waals surface area contributed by atoms with E-state index >= 15 is 0 Å². The topological polar surface area (TPSA) is 109 Å². The Hall–Kier alpha value is -3.11. The lowest BCUT2D eigenvalue weighted by Crippen LogP contribution is -2.44. The number of thioether (sulfide) groups is 1. The third kappa shape index (κ3) is 5.45. The van der Waals surface area contributed by atoms with Crippen LogP contribution in [-0.4, -0.2) is 71.4 Å². The molecule has 0 radical (unpaired) electrons. The van der Waals surface area contributed by atoms with Crippen LogP contribution in [0.15, 0.2) is 42.6 Å².